The van der Waals surface area contributed by atoms with Crippen LogP contribution in [0, 0.1) is 0 Å². The van der Waals surface area contributed by atoms with E-state index in [0.717, 1.165) is 12.2 Å². The zero-order valence-electron chi connectivity index (χ0n) is 7.88. The van der Waals surface area contributed by atoms with Crippen LogP contribution in [0.4, 0.5) is 0 Å². The highest BCUT2D eigenvalue weighted by Gasteiger charge is 2.45. The molecule has 0 spiro atoms. The predicted octanol–water partition coefficient (Wildman–Crippen LogP) is 3.42. The highest BCUT2D eigenvalue weighted by molar-refractivity contribution is 7.17. The fourth-order valence-electron chi connectivity index (χ4n) is 2.01. The fraction of sp³-hybridized carbons (Fsp3) is 0.400. The van der Waals surface area contributed by atoms with E-state index in [-0.39, 0.29) is 0 Å². The van der Waals surface area contributed by atoms with Gasteiger partial charge in [-0.05, 0) is 24.6 Å². The quantitative estimate of drug-likeness (QED) is 0.512. The standard InChI is InChI=1S/C10H13ClOSi/c1-3-10-8-6-4-5-7-9(8)12-13(10,2)11/h4-7,10H,3H2,1-2H3. The molecule has 2 atom stereocenters. The molecule has 0 fully saturated rings. The first kappa shape index (κ1) is 9.10. The maximum absolute atomic E-state index is 6.42. The van der Waals surface area contributed by atoms with Crippen LogP contribution in [0.25, 0.3) is 0 Å². The van der Waals surface area contributed by atoms with Gasteiger partial charge in [0.25, 0.3) is 0 Å². The molecule has 3 heteroatoms. The predicted molar refractivity (Wildman–Crippen MR) is 57.6 cm³/mol. The number of fused-ring (bicyclic) bond motifs is 1. The van der Waals surface area contributed by atoms with Crippen molar-refractivity contribution in [3.63, 3.8) is 0 Å². The van der Waals surface area contributed by atoms with Gasteiger partial charge in [-0.15, -0.1) is 11.1 Å². The van der Waals surface area contributed by atoms with E-state index < -0.39 is 7.63 Å². The minimum Gasteiger partial charge on any atom is -0.529 e. The van der Waals surface area contributed by atoms with Crippen molar-refractivity contribution in [2.75, 3.05) is 0 Å². The van der Waals surface area contributed by atoms with Gasteiger partial charge in [0.15, 0.2) is 0 Å². The van der Waals surface area contributed by atoms with Crippen molar-refractivity contribution in [2.24, 2.45) is 0 Å². The van der Waals surface area contributed by atoms with Crippen LogP contribution in [0.15, 0.2) is 24.3 Å². The molecule has 1 heterocycles. The first-order chi connectivity index (χ1) is 6.15. The molecule has 0 aromatic heterocycles. The molecule has 0 N–H and O–H groups in total. The monoisotopic (exact) mass is 212 g/mol. The number of rotatable bonds is 1. The van der Waals surface area contributed by atoms with Crippen molar-refractivity contribution in [1.82, 2.24) is 0 Å². The molecule has 0 saturated carbocycles. The molecule has 0 aliphatic carbocycles. The molecule has 1 aliphatic rings. The SMILES string of the molecule is CCC1c2ccccc2O[Si]1(C)Cl. The average Bonchev–Trinajstić information content (AvgIpc) is 2.33. The third kappa shape index (κ3) is 1.38. The third-order valence-electron chi connectivity index (χ3n) is 2.63. The second kappa shape index (κ2) is 3.03. The Bertz CT molecular complexity index is 324. The Hall–Kier alpha value is -0.473. The Morgan fingerprint density at radius 2 is 2.15 bits per heavy atom. The second-order valence-corrected chi connectivity index (χ2v) is 8.71. The van der Waals surface area contributed by atoms with Gasteiger partial charge in [-0.2, -0.15) is 0 Å². The zero-order valence-corrected chi connectivity index (χ0v) is 9.64. The second-order valence-electron chi connectivity index (χ2n) is 3.59. The number of halogens is 1. The molecule has 70 valence electrons. The Balaban J connectivity index is 2.46. The fourth-order valence-corrected chi connectivity index (χ4v) is 5.36. The largest absolute Gasteiger partial charge is 0.529 e. The molecule has 2 rings (SSSR count). The maximum Gasteiger partial charge on any atom is 0.352 e. The van der Waals surface area contributed by atoms with Crippen LogP contribution in [0.5, 0.6) is 5.75 Å². The van der Waals surface area contributed by atoms with Crippen molar-refractivity contribution in [1.29, 1.82) is 0 Å². The van der Waals surface area contributed by atoms with Gasteiger partial charge in [0.1, 0.15) is 5.75 Å². The van der Waals surface area contributed by atoms with E-state index >= 15 is 0 Å². The molecule has 0 radical (unpaired) electrons. The molecule has 2 unspecified atom stereocenters. The number of hydrogen-bond donors (Lipinski definition) is 0. The Morgan fingerprint density at radius 1 is 1.46 bits per heavy atom. The lowest BCUT2D eigenvalue weighted by Gasteiger charge is -2.18. The van der Waals surface area contributed by atoms with E-state index in [1.54, 1.807) is 0 Å². The zero-order chi connectivity index (χ0) is 9.47. The summed E-state index contributed by atoms with van der Waals surface area (Å²) in [5.41, 5.74) is 1.75. The Labute approximate surface area is 84.5 Å². The van der Waals surface area contributed by atoms with Crippen LogP contribution in [0.1, 0.15) is 24.4 Å². The topological polar surface area (TPSA) is 9.23 Å². The summed E-state index contributed by atoms with van der Waals surface area (Å²) in [4.78, 5) is 0. The van der Waals surface area contributed by atoms with Gasteiger partial charge in [-0.3, -0.25) is 0 Å². The Morgan fingerprint density at radius 3 is 2.85 bits per heavy atom. The van der Waals surface area contributed by atoms with E-state index in [9.17, 15) is 0 Å². The maximum atomic E-state index is 6.42. The highest BCUT2D eigenvalue weighted by Crippen LogP contribution is 2.45. The minimum atomic E-state index is -2.00. The van der Waals surface area contributed by atoms with Crippen molar-refractivity contribution in [2.45, 2.75) is 25.4 Å². The molecule has 0 saturated heterocycles. The van der Waals surface area contributed by atoms with Gasteiger partial charge in [-0.25, -0.2) is 0 Å². The Kier molecular flexibility index (Phi) is 2.12. The lowest BCUT2D eigenvalue weighted by molar-refractivity contribution is 0.580. The molecular formula is C10H13ClOSi. The lowest BCUT2D eigenvalue weighted by atomic mass is 10.1. The molecule has 1 aromatic carbocycles. The van der Waals surface area contributed by atoms with Crippen LogP contribution < -0.4 is 4.43 Å². The molecule has 1 nitrogen and oxygen atoms in total. The van der Waals surface area contributed by atoms with Gasteiger partial charge in [0, 0.05) is 5.54 Å². The number of hydrogen-bond acceptors (Lipinski definition) is 1. The summed E-state index contributed by atoms with van der Waals surface area (Å²) in [5, 5.41) is 0. The van der Waals surface area contributed by atoms with Crippen molar-refractivity contribution < 1.29 is 4.43 Å². The summed E-state index contributed by atoms with van der Waals surface area (Å²) < 4.78 is 5.80. The highest BCUT2D eigenvalue weighted by atomic mass is 35.6. The first-order valence-corrected chi connectivity index (χ1v) is 8.11. The van der Waals surface area contributed by atoms with Gasteiger partial charge in [-0.1, -0.05) is 25.1 Å². The molecule has 0 bridgehead atoms. The van der Waals surface area contributed by atoms with Gasteiger partial charge >= 0.3 is 7.63 Å². The molecular weight excluding hydrogens is 200 g/mol. The van der Waals surface area contributed by atoms with Gasteiger partial charge in [0.05, 0.1) is 0 Å². The number of benzene rings is 1. The van der Waals surface area contributed by atoms with E-state index in [1.807, 2.05) is 12.1 Å². The average molecular weight is 213 g/mol. The lowest BCUT2D eigenvalue weighted by Crippen LogP contribution is -2.33. The van der Waals surface area contributed by atoms with Crippen molar-refractivity contribution in [3.05, 3.63) is 29.8 Å². The van der Waals surface area contributed by atoms with Gasteiger partial charge in [0.2, 0.25) is 0 Å². The van der Waals surface area contributed by atoms with Crippen molar-refractivity contribution >= 4 is 18.7 Å². The van der Waals surface area contributed by atoms with Gasteiger partial charge < -0.3 is 4.43 Å². The summed E-state index contributed by atoms with van der Waals surface area (Å²) in [5.74, 6) is 0.999. The summed E-state index contributed by atoms with van der Waals surface area (Å²) >= 11 is 6.42. The van der Waals surface area contributed by atoms with E-state index in [2.05, 4.69) is 25.6 Å². The number of para-hydroxylation sites is 1. The normalized spacial score (nSPS) is 31.2. The van der Waals surface area contributed by atoms with Crippen molar-refractivity contribution in [3.8, 4) is 5.75 Å². The third-order valence-corrected chi connectivity index (χ3v) is 6.24. The molecule has 1 aliphatic heterocycles. The molecule has 0 amide bonds. The molecule has 13 heavy (non-hydrogen) atoms. The van der Waals surface area contributed by atoms with Crippen LogP contribution in [-0.2, 0) is 0 Å². The summed E-state index contributed by atoms with van der Waals surface area (Å²) in [6.07, 6.45) is 1.07. The smallest absolute Gasteiger partial charge is 0.352 e. The van der Waals surface area contributed by atoms with E-state index in [0.29, 0.717) is 5.54 Å². The first-order valence-electron chi connectivity index (χ1n) is 4.62. The van der Waals surface area contributed by atoms with E-state index in [1.165, 1.54) is 5.56 Å². The summed E-state index contributed by atoms with van der Waals surface area (Å²) in [7, 11) is -2.00. The van der Waals surface area contributed by atoms with Crippen LogP contribution in [0.2, 0.25) is 6.55 Å². The summed E-state index contributed by atoms with van der Waals surface area (Å²) in [6.45, 7) is 4.24. The summed E-state index contributed by atoms with van der Waals surface area (Å²) in [6, 6.07) is 8.19. The van der Waals surface area contributed by atoms with Crippen LogP contribution in [-0.4, -0.2) is 7.63 Å². The van der Waals surface area contributed by atoms with Crippen LogP contribution >= 0.6 is 11.1 Å². The minimum absolute atomic E-state index is 0.449. The van der Waals surface area contributed by atoms with Crippen LogP contribution in [0.3, 0.4) is 0 Å². The molecule has 1 aromatic rings. The van der Waals surface area contributed by atoms with E-state index in [4.69, 9.17) is 15.5 Å².